The molecule has 12 heteroatoms. The highest BCUT2D eigenvalue weighted by molar-refractivity contribution is 6.31. The Hall–Kier alpha value is -3.99. The first kappa shape index (κ1) is 27.6. The normalized spacial score (nSPS) is 11.0. The Balaban J connectivity index is 1.84. The lowest BCUT2D eigenvalue weighted by atomic mass is 10.1. The summed E-state index contributed by atoms with van der Waals surface area (Å²) in [6, 6.07) is 5.77. The van der Waals surface area contributed by atoms with Crippen molar-refractivity contribution in [2.75, 3.05) is 30.3 Å². The number of hydrogen-bond acceptors (Lipinski definition) is 9. The highest BCUT2D eigenvalue weighted by Gasteiger charge is 2.17. The van der Waals surface area contributed by atoms with E-state index in [0.29, 0.717) is 29.2 Å². The number of rotatable bonds is 9. The fourth-order valence-electron chi connectivity index (χ4n) is 3.06. The number of aromatic nitrogens is 3. The van der Waals surface area contributed by atoms with Crippen molar-refractivity contribution < 1.29 is 23.5 Å². The standard InChI is InChI=1S/C25H28ClFN6O4/c1-5-36-22(34)16-10-15(12-28-13-16)18-14-31-23(32-17-6-7-20(27)19(26)11-17)33-21(18)29-8-9-30-24(35)37-25(2,3)4/h6-7,10-14H,5,8-9H2,1-4H3,(H,30,35)(H2,29,31,32,33). The zero-order valence-corrected chi connectivity index (χ0v) is 21.6. The SMILES string of the molecule is CCOC(=O)c1cncc(-c2cnc(Nc3ccc(F)c(Cl)c3)nc2NCCNC(=O)OC(C)(C)C)c1. The number of nitrogens with zero attached hydrogens (tertiary/aromatic N) is 3. The highest BCUT2D eigenvalue weighted by Crippen LogP contribution is 2.28. The van der Waals surface area contributed by atoms with Crippen LogP contribution in [0.5, 0.6) is 0 Å². The van der Waals surface area contributed by atoms with E-state index in [1.54, 1.807) is 46.2 Å². The van der Waals surface area contributed by atoms with Crippen molar-refractivity contribution in [3.05, 3.63) is 59.3 Å². The second kappa shape index (κ2) is 12.3. The van der Waals surface area contributed by atoms with Gasteiger partial charge in [-0.05, 0) is 52.0 Å². The molecule has 1 aromatic carbocycles. The predicted octanol–water partition coefficient (Wildman–Crippen LogP) is 5.19. The van der Waals surface area contributed by atoms with E-state index in [1.165, 1.54) is 24.4 Å². The fraction of sp³-hybridized carbons (Fsp3) is 0.320. The molecule has 0 atom stereocenters. The van der Waals surface area contributed by atoms with Crippen LogP contribution in [0.4, 0.5) is 26.6 Å². The van der Waals surface area contributed by atoms with Crippen molar-refractivity contribution in [2.24, 2.45) is 0 Å². The number of esters is 1. The first-order valence-electron chi connectivity index (χ1n) is 11.5. The van der Waals surface area contributed by atoms with Crippen LogP contribution in [0.15, 0.2) is 42.9 Å². The Morgan fingerprint density at radius 3 is 2.59 bits per heavy atom. The number of nitrogens with one attached hydrogen (secondary N) is 3. The number of carbonyl (C=O) groups excluding carboxylic acids is 2. The Bertz CT molecular complexity index is 1270. The lowest BCUT2D eigenvalue weighted by molar-refractivity contribution is 0.0517. The number of alkyl carbamates (subject to hydrolysis) is 1. The van der Waals surface area contributed by atoms with Gasteiger partial charge in [-0.3, -0.25) is 4.98 Å². The largest absolute Gasteiger partial charge is 0.462 e. The van der Waals surface area contributed by atoms with E-state index in [2.05, 4.69) is 30.9 Å². The van der Waals surface area contributed by atoms with Gasteiger partial charge in [0.1, 0.15) is 17.2 Å². The monoisotopic (exact) mass is 530 g/mol. The maximum Gasteiger partial charge on any atom is 0.407 e. The quantitative estimate of drug-likeness (QED) is 0.253. The van der Waals surface area contributed by atoms with Crippen LogP contribution < -0.4 is 16.0 Å². The van der Waals surface area contributed by atoms with Crippen molar-refractivity contribution in [2.45, 2.75) is 33.3 Å². The van der Waals surface area contributed by atoms with Gasteiger partial charge >= 0.3 is 12.1 Å². The average molecular weight is 531 g/mol. The minimum atomic E-state index is -0.613. The van der Waals surface area contributed by atoms with Gasteiger partial charge in [0.25, 0.3) is 0 Å². The van der Waals surface area contributed by atoms with Crippen molar-refractivity contribution in [3.63, 3.8) is 0 Å². The molecular formula is C25H28ClFN6O4. The molecule has 0 aliphatic heterocycles. The molecule has 196 valence electrons. The van der Waals surface area contributed by atoms with Crippen molar-refractivity contribution in [1.82, 2.24) is 20.3 Å². The molecule has 0 saturated carbocycles. The molecular weight excluding hydrogens is 503 g/mol. The van der Waals surface area contributed by atoms with Gasteiger partial charge < -0.3 is 25.4 Å². The molecule has 0 unspecified atom stereocenters. The lowest BCUT2D eigenvalue weighted by Gasteiger charge is -2.20. The molecule has 0 radical (unpaired) electrons. The molecule has 2 aromatic heterocycles. The maximum atomic E-state index is 13.5. The van der Waals surface area contributed by atoms with Gasteiger partial charge in [-0.1, -0.05) is 11.6 Å². The topological polar surface area (TPSA) is 127 Å². The first-order valence-corrected chi connectivity index (χ1v) is 11.9. The van der Waals surface area contributed by atoms with E-state index in [-0.39, 0.29) is 29.7 Å². The van der Waals surface area contributed by atoms with E-state index in [1.807, 2.05) is 0 Å². The first-order chi connectivity index (χ1) is 17.6. The minimum absolute atomic E-state index is 0.0463. The molecule has 0 aliphatic rings. The Morgan fingerprint density at radius 2 is 1.89 bits per heavy atom. The zero-order chi connectivity index (χ0) is 27.0. The van der Waals surface area contributed by atoms with Gasteiger partial charge in [-0.15, -0.1) is 0 Å². The van der Waals surface area contributed by atoms with Gasteiger partial charge in [-0.2, -0.15) is 4.98 Å². The van der Waals surface area contributed by atoms with Crippen LogP contribution in [0.1, 0.15) is 38.1 Å². The number of benzene rings is 1. The Kier molecular flexibility index (Phi) is 9.18. The van der Waals surface area contributed by atoms with Crippen LogP contribution in [0.3, 0.4) is 0 Å². The predicted molar refractivity (Wildman–Crippen MR) is 139 cm³/mol. The number of amides is 1. The van der Waals surface area contributed by atoms with Crippen molar-refractivity contribution in [3.8, 4) is 11.1 Å². The third kappa shape index (κ3) is 8.28. The van der Waals surface area contributed by atoms with Crippen LogP contribution >= 0.6 is 11.6 Å². The third-order valence-corrected chi connectivity index (χ3v) is 4.90. The Morgan fingerprint density at radius 1 is 1.11 bits per heavy atom. The van der Waals surface area contributed by atoms with Crippen molar-refractivity contribution >= 4 is 41.1 Å². The van der Waals surface area contributed by atoms with Gasteiger partial charge in [0.15, 0.2) is 0 Å². The minimum Gasteiger partial charge on any atom is -0.462 e. The second-order valence-electron chi connectivity index (χ2n) is 8.75. The van der Waals surface area contributed by atoms with E-state index in [4.69, 9.17) is 21.1 Å². The molecule has 2 heterocycles. The van der Waals surface area contributed by atoms with E-state index in [9.17, 15) is 14.0 Å². The summed E-state index contributed by atoms with van der Waals surface area (Å²) in [5, 5.41) is 8.76. The molecule has 0 aliphatic carbocycles. The summed E-state index contributed by atoms with van der Waals surface area (Å²) in [6.07, 6.45) is 3.99. The lowest BCUT2D eigenvalue weighted by Crippen LogP contribution is -2.35. The molecule has 0 fully saturated rings. The molecule has 0 bridgehead atoms. The zero-order valence-electron chi connectivity index (χ0n) is 20.9. The molecule has 3 aromatic rings. The highest BCUT2D eigenvalue weighted by atomic mass is 35.5. The molecule has 3 rings (SSSR count). The molecule has 0 spiro atoms. The van der Waals surface area contributed by atoms with Crippen LogP contribution in [-0.4, -0.2) is 52.3 Å². The molecule has 37 heavy (non-hydrogen) atoms. The summed E-state index contributed by atoms with van der Waals surface area (Å²) < 4.78 is 23.8. The van der Waals surface area contributed by atoms with Crippen LogP contribution in [-0.2, 0) is 9.47 Å². The number of halogens is 2. The van der Waals surface area contributed by atoms with Gasteiger partial charge in [0.05, 0.1) is 17.2 Å². The number of ether oxygens (including phenoxy) is 2. The number of carbonyl (C=O) groups is 2. The van der Waals surface area contributed by atoms with E-state index in [0.717, 1.165) is 0 Å². The number of hydrogen-bond donors (Lipinski definition) is 3. The Labute approximate surface area is 219 Å². The van der Waals surface area contributed by atoms with Crippen LogP contribution in [0.2, 0.25) is 5.02 Å². The summed E-state index contributed by atoms with van der Waals surface area (Å²) in [5.74, 6) is -0.430. The third-order valence-electron chi connectivity index (χ3n) is 4.61. The van der Waals surface area contributed by atoms with Crippen molar-refractivity contribution in [1.29, 1.82) is 0 Å². The van der Waals surface area contributed by atoms with Gasteiger partial charge in [0.2, 0.25) is 5.95 Å². The number of pyridine rings is 1. The number of anilines is 3. The summed E-state index contributed by atoms with van der Waals surface area (Å²) in [5.41, 5.74) is 1.28. The summed E-state index contributed by atoms with van der Waals surface area (Å²) in [7, 11) is 0. The average Bonchev–Trinajstić information content (AvgIpc) is 2.83. The molecule has 3 N–H and O–H groups in total. The fourth-order valence-corrected chi connectivity index (χ4v) is 3.24. The summed E-state index contributed by atoms with van der Waals surface area (Å²) in [6.45, 7) is 7.83. The van der Waals surface area contributed by atoms with Crippen LogP contribution in [0.25, 0.3) is 11.1 Å². The summed E-state index contributed by atoms with van der Waals surface area (Å²) in [4.78, 5) is 37.1. The second-order valence-corrected chi connectivity index (χ2v) is 9.16. The maximum absolute atomic E-state index is 13.5. The molecule has 0 saturated heterocycles. The molecule has 10 nitrogen and oxygen atoms in total. The molecule has 1 amide bonds. The van der Waals surface area contributed by atoms with E-state index < -0.39 is 23.5 Å². The smallest absolute Gasteiger partial charge is 0.407 e. The summed E-state index contributed by atoms with van der Waals surface area (Å²) >= 11 is 5.87. The van der Waals surface area contributed by atoms with Crippen LogP contribution in [0, 0.1) is 5.82 Å². The van der Waals surface area contributed by atoms with Gasteiger partial charge in [0, 0.05) is 48.5 Å². The van der Waals surface area contributed by atoms with Gasteiger partial charge in [-0.25, -0.2) is 19.0 Å². The van der Waals surface area contributed by atoms with E-state index >= 15 is 0 Å².